The van der Waals surface area contributed by atoms with Crippen LogP contribution >= 0.6 is 0 Å². The summed E-state index contributed by atoms with van der Waals surface area (Å²) in [4.78, 5) is 13.1. The van der Waals surface area contributed by atoms with Gasteiger partial charge in [0.05, 0.1) is 6.54 Å². The van der Waals surface area contributed by atoms with Crippen molar-refractivity contribution in [3.05, 3.63) is 35.6 Å². The first-order valence-corrected chi connectivity index (χ1v) is 6.89. The lowest BCUT2D eigenvalue weighted by Gasteiger charge is -2.22. The smallest absolute Gasteiger partial charge is 0.295 e. The second-order valence-corrected chi connectivity index (χ2v) is 4.92. The Morgan fingerprint density at radius 1 is 1.14 bits per heavy atom. The van der Waals surface area contributed by atoms with Crippen LogP contribution in [0.15, 0.2) is 24.3 Å². The minimum Gasteiger partial charge on any atom is -0.295 e. The van der Waals surface area contributed by atoms with Gasteiger partial charge in [-0.25, -0.2) is 4.39 Å². The Kier molecular flexibility index (Phi) is 6.81. The summed E-state index contributed by atoms with van der Waals surface area (Å²) in [7, 11) is 0. The zero-order chi connectivity index (χ0) is 15.9. The summed E-state index contributed by atoms with van der Waals surface area (Å²) in [5, 5.41) is 0. The molecule has 118 valence electrons. The molecule has 21 heavy (non-hydrogen) atoms. The Balaban J connectivity index is 2.42. The van der Waals surface area contributed by atoms with Crippen molar-refractivity contribution in [3.8, 4) is 0 Å². The van der Waals surface area contributed by atoms with Gasteiger partial charge in [-0.2, -0.15) is 13.2 Å². The number of Topliss-reactive ketones (excluding diaryl/α,β-unsaturated/α-hetero) is 1. The molecule has 0 aliphatic carbocycles. The van der Waals surface area contributed by atoms with Gasteiger partial charge in [0.1, 0.15) is 5.82 Å². The average molecular weight is 305 g/mol. The minimum absolute atomic E-state index is 0.156. The number of halogens is 4. The van der Waals surface area contributed by atoms with Crippen LogP contribution in [-0.2, 0) is 0 Å². The fourth-order valence-corrected chi connectivity index (χ4v) is 2.08. The normalized spacial score (nSPS) is 11.9. The molecule has 0 radical (unpaired) electrons. The van der Waals surface area contributed by atoms with E-state index in [1.165, 1.54) is 29.2 Å². The summed E-state index contributed by atoms with van der Waals surface area (Å²) in [6.45, 7) is 1.43. The second kappa shape index (κ2) is 8.12. The number of carbonyl (C=O) groups excluding carboxylic acids is 1. The lowest BCUT2D eigenvalue weighted by molar-refractivity contribution is -0.146. The zero-order valence-corrected chi connectivity index (χ0v) is 11.9. The predicted molar refractivity (Wildman–Crippen MR) is 72.8 cm³/mol. The molecule has 0 fully saturated rings. The number of rotatable bonds is 8. The van der Waals surface area contributed by atoms with Crippen molar-refractivity contribution in [2.24, 2.45) is 0 Å². The molecule has 0 aromatic heterocycles. The lowest BCUT2D eigenvalue weighted by Crippen LogP contribution is -2.35. The van der Waals surface area contributed by atoms with Crippen molar-refractivity contribution in [2.75, 3.05) is 19.6 Å². The third-order valence-corrected chi connectivity index (χ3v) is 2.99. The molecule has 0 saturated heterocycles. The van der Waals surface area contributed by atoms with Crippen LogP contribution in [0.25, 0.3) is 0 Å². The molecule has 0 bridgehead atoms. The summed E-state index contributed by atoms with van der Waals surface area (Å²) in [5.41, 5.74) is 0.384. The Labute approximate surface area is 121 Å². The third kappa shape index (κ3) is 7.22. The van der Waals surface area contributed by atoms with Gasteiger partial charge in [-0.3, -0.25) is 9.69 Å². The Morgan fingerprint density at radius 2 is 1.76 bits per heavy atom. The van der Waals surface area contributed by atoms with E-state index in [-0.39, 0.29) is 18.7 Å². The van der Waals surface area contributed by atoms with Gasteiger partial charge in [-0.05, 0) is 50.2 Å². The maximum absolute atomic E-state index is 12.7. The molecule has 1 aromatic rings. The molecule has 0 aliphatic rings. The van der Waals surface area contributed by atoms with Crippen molar-refractivity contribution < 1.29 is 22.4 Å². The number of nitrogens with zero attached hydrogens (tertiary/aromatic N) is 1. The average Bonchev–Trinajstić information content (AvgIpc) is 2.37. The van der Waals surface area contributed by atoms with Crippen molar-refractivity contribution >= 4 is 5.78 Å². The van der Waals surface area contributed by atoms with Gasteiger partial charge >= 0.3 is 6.18 Å². The monoisotopic (exact) mass is 305 g/mol. The molecule has 0 saturated carbocycles. The second-order valence-electron chi connectivity index (χ2n) is 4.92. The van der Waals surface area contributed by atoms with Crippen molar-refractivity contribution in [1.29, 1.82) is 0 Å². The first-order valence-electron chi connectivity index (χ1n) is 6.89. The first kappa shape index (κ1) is 17.6. The summed E-state index contributed by atoms with van der Waals surface area (Å²) in [6, 6.07) is 5.16. The molecule has 0 heterocycles. The van der Waals surface area contributed by atoms with Crippen LogP contribution in [0.2, 0.25) is 0 Å². The standard InChI is InChI=1S/C15H19F4NO/c1-2-9-20(11-15(17,18)19)10-3-4-14(21)12-5-7-13(16)8-6-12/h5-8H,2-4,9-11H2,1H3. The van der Waals surface area contributed by atoms with Crippen molar-refractivity contribution in [1.82, 2.24) is 4.90 Å². The maximum Gasteiger partial charge on any atom is 0.401 e. The van der Waals surface area contributed by atoms with Crippen LogP contribution in [0.5, 0.6) is 0 Å². The number of hydrogen-bond donors (Lipinski definition) is 0. The molecule has 0 unspecified atom stereocenters. The van der Waals surface area contributed by atoms with Gasteiger partial charge in [0.2, 0.25) is 0 Å². The topological polar surface area (TPSA) is 20.3 Å². The molecule has 1 aromatic carbocycles. The highest BCUT2D eigenvalue weighted by Gasteiger charge is 2.30. The molecule has 2 nitrogen and oxygen atoms in total. The van der Waals surface area contributed by atoms with Crippen molar-refractivity contribution in [2.45, 2.75) is 32.4 Å². The molecular weight excluding hydrogens is 286 g/mol. The number of alkyl halides is 3. The third-order valence-electron chi connectivity index (χ3n) is 2.99. The van der Waals surface area contributed by atoms with E-state index < -0.39 is 18.5 Å². The fraction of sp³-hybridized carbons (Fsp3) is 0.533. The van der Waals surface area contributed by atoms with Gasteiger partial charge in [-0.1, -0.05) is 6.92 Å². The molecular formula is C15H19F4NO. The Morgan fingerprint density at radius 3 is 2.29 bits per heavy atom. The van der Waals surface area contributed by atoms with E-state index in [2.05, 4.69) is 0 Å². The van der Waals surface area contributed by atoms with E-state index in [9.17, 15) is 22.4 Å². The molecule has 0 aliphatic heterocycles. The van der Waals surface area contributed by atoms with Gasteiger partial charge < -0.3 is 0 Å². The van der Waals surface area contributed by atoms with Crippen LogP contribution in [-0.4, -0.2) is 36.5 Å². The molecule has 6 heteroatoms. The van der Waals surface area contributed by atoms with Crippen LogP contribution in [0.3, 0.4) is 0 Å². The number of hydrogen-bond acceptors (Lipinski definition) is 2. The lowest BCUT2D eigenvalue weighted by atomic mass is 10.1. The molecule has 0 atom stereocenters. The number of benzene rings is 1. The largest absolute Gasteiger partial charge is 0.401 e. The van der Waals surface area contributed by atoms with E-state index in [0.29, 0.717) is 24.9 Å². The maximum atomic E-state index is 12.7. The SMILES string of the molecule is CCCN(CCCC(=O)c1ccc(F)cc1)CC(F)(F)F. The predicted octanol–water partition coefficient (Wildman–Crippen LogP) is 4.06. The van der Waals surface area contributed by atoms with Gasteiger partial charge in [0.25, 0.3) is 0 Å². The summed E-state index contributed by atoms with van der Waals surface area (Å²) >= 11 is 0. The van der Waals surface area contributed by atoms with E-state index >= 15 is 0 Å². The highest BCUT2D eigenvalue weighted by atomic mass is 19.4. The van der Waals surface area contributed by atoms with Crippen molar-refractivity contribution in [3.63, 3.8) is 0 Å². The quantitative estimate of drug-likeness (QED) is 0.533. The zero-order valence-electron chi connectivity index (χ0n) is 11.9. The highest BCUT2D eigenvalue weighted by molar-refractivity contribution is 5.95. The van der Waals surface area contributed by atoms with Crippen LogP contribution in [0.4, 0.5) is 17.6 Å². The number of carbonyl (C=O) groups is 1. The first-order chi connectivity index (χ1) is 9.81. The van der Waals surface area contributed by atoms with E-state index in [4.69, 9.17) is 0 Å². The molecule has 0 amide bonds. The van der Waals surface area contributed by atoms with E-state index in [0.717, 1.165) is 0 Å². The number of ketones is 1. The van der Waals surface area contributed by atoms with E-state index in [1.54, 1.807) is 0 Å². The minimum atomic E-state index is -4.23. The van der Waals surface area contributed by atoms with Crippen LogP contribution in [0.1, 0.15) is 36.5 Å². The van der Waals surface area contributed by atoms with Gasteiger partial charge in [0, 0.05) is 12.0 Å². The molecule has 1 rings (SSSR count). The summed E-state index contributed by atoms with van der Waals surface area (Å²) in [6.07, 6.45) is -3.09. The fourth-order valence-electron chi connectivity index (χ4n) is 2.08. The van der Waals surface area contributed by atoms with Gasteiger partial charge in [-0.15, -0.1) is 0 Å². The van der Waals surface area contributed by atoms with Crippen LogP contribution in [0, 0.1) is 5.82 Å². The highest BCUT2D eigenvalue weighted by Crippen LogP contribution is 2.17. The summed E-state index contributed by atoms with van der Waals surface area (Å²) in [5.74, 6) is -0.607. The van der Waals surface area contributed by atoms with E-state index in [1.807, 2.05) is 6.92 Å². The summed E-state index contributed by atoms with van der Waals surface area (Å²) < 4.78 is 49.8. The Bertz CT molecular complexity index is 442. The van der Waals surface area contributed by atoms with Gasteiger partial charge in [0.15, 0.2) is 5.78 Å². The molecule has 0 N–H and O–H groups in total. The van der Waals surface area contributed by atoms with Crippen LogP contribution < -0.4 is 0 Å². The Hall–Kier alpha value is -1.43. The molecule has 0 spiro atoms.